The van der Waals surface area contributed by atoms with Crippen LogP contribution >= 0.6 is 0 Å². The summed E-state index contributed by atoms with van der Waals surface area (Å²) in [5.41, 5.74) is 7.06. The van der Waals surface area contributed by atoms with Gasteiger partial charge in [-0.25, -0.2) is 4.79 Å². The van der Waals surface area contributed by atoms with Gasteiger partial charge in [-0.05, 0) is 30.9 Å². The van der Waals surface area contributed by atoms with Crippen molar-refractivity contribution in [3.05, 3.63) is 36.0 Å². The first-order valence-corrected chi connectivity index (χ1v) is 11.6. The molecule has 12 nitrogen and oxygen atoms in total. The molecule has 3 amide bonds. The molecular formula is C24H33N5O7. The highest BCUT2D eigenvalue weighted by atomic mass is 16.4. The molecule has 0 aliphatic rings. The second-order valence-electron chi connectivity index (χ2n) is 8.98. The van der Waals surface area contributed by atoms with Gasteiger partial charge in [0.15, 0.2) is 0 Å². The van der Waals surface area contributed by atoms with Crippen LogP contribution in [-0.4, -0.2) is 69.0 Å². The number of hydrogen-bond acceptors (Lipinski definition) is 6. The molecule has 0 spiro atoms. The summed E-state index contributed by atoms with van der Waals surface area (Å²) < 4.78 is 0. The van der Waals surface area contributed by atoms with E-state index in [9.17, 15) is 29.1 Å². The smallest absolute Gasteiger partial charge is 0.326 e. The molecule has 1 aromatic carbocycles. The molecule has 8 N–H and O–H groups in total. The molecule has 0 saturated heterocycles. The van der Waals surface area contributed by atoms with E-state index < -0.39 is 66.2 Å². The van der Waals surface area contributed by atoms with E-state index in [4.69, 9.17) is 10.8 Å². The number of aliphatic carboxylic acids is 2. The molecule has 1 heterocycles. The standard InChI is InChI=1S/C24H33N5O7/c1-12(2)20(29-22(33)17(8-9-19(30)31)27-21(32)13(3)25)23(34)28-18(24(35)36)10-14-11-26-16-7-5-4-6-15(14)16/h4-7,11-13,17-18,20,26H,8-10,25H2,1-3H3,(H,27,32)(H,28,34)(H,29,33)(H,30,31)(H,35,36). The highest BCUT2D eigenvalue weighted by Crippen LogP contribution is 2.19. The zero-order valence-electron chi connectivity index (χ0n) is 20.4. The maximum Gasteiger partial charge on any atom is 0.326 e. The van der Waals surface area contributed by atoms with E-state index in [1.165, 1.54) is 6.92 Å². The van der Waals surface area contributed by atoms with Gasteiger partial charge in [-0.3, -0.25) is 19.2 Å². The van der Waals surface area contributed by atoms with Gasteiger partial charge in [0.2, 0.25) is 17.7 Å². The third kappa shape index (κ3) is 7.80. The number of H-pyrrole nitrogens is 1. The summed E-state index contributed by atoms with van der Waals surface area (Å²) in [6.07, 6.45) is 1.07. The van der Waals surface area contributed by atoms with Crippen molar-refractivity contribution in [1.29, 1.82) is 0 Å². The first kappa shape index (κ1) is 28.3. The lowest BCUT2D eigenvalue weighted by Crippen LogP contribution is -2.58. The number of rotatable bonds is 13. The molecule has 4 atom stereocenters. The van der Waals surface area contributed by atoms with Crippen molar-refractivity contribution in [2.24, 2.45) is 11.7 Å². The van der Waals surface area contributed by atoms with E-state index in [0.29, 0.717) is 5.56 Å². The Morgan fingerprint density at radius 1 is 0.917 bits per heavy atom. The minimum atomic E-state index is -1.27. The van der Waals surface area contributed by atoms with Gasteiger partial charge in [0, 0.05) is 29.9 Å². The van der Waals surface area contributed by atoms with Crippen molar-refractivity contribution in [2.75, 3.05) is 0 Å². The van der Waals surface area contributed by atoms with Gasteiger partial charge >= 0.3 is 11.9 Å². The molecular weight excluding hydrogens is 470 g/mol. The molecule has 0 saturated carbocycles. The lowest BCUT2D eigenvalue weighted by molar-refractivity contribution is -0.142. The number of fused-ring (bicyclic) bond motifs is 1. The van der Waals surface area contributed by atoms with Crippen LogP contribution in [0.3, 0.4) is 0 Å². The van der Waals surface area contributed by atoms with Gasteiger partial charge in [0.25, 0.3) is 0 Å². The van der Waals surface area contributed by atoms with E-state index in [2.05, 4.69) is 20.9 Å². The Morgan fingerprint density at radius 3 is 2.14 bits per heavy atom. The molecule has 2 rings (SSSR count). The quantitative estimate of drug-likeness (QED) is 0.199. The third-order valence-electron chi connectivity index (χ3n) is 5.65. The van der Waals surface area contributed by atoms with Crippen LogP contribution < -0.4 is 21.7 Å². The van der Waals surface area contributed by atoms with Crippen molar-refractivity contribution < 1.29 is 34.2 Å². The van der Waals surface area contributed by atoms with Crippen LogP contribution in [0.4, 0.5) is 0 Å². The van der Waals surface area contributed by atoms with Crippen molar-refractivity contribution in [3.8, 4) is 0 Å². The summed E-state index contributed by atoms with van der Waals surface area (Å²) in [6.45, 7) is 4.73. The number of amides is 3. The third-order valence-corrected chi connectivity index (χ3v) is 5.65. The van der Waals surface area contributed by atoms with Gasteiger partial charge < -0.3 is 36.9 Å². The summed E-state index contributed by atoms with van der Waals surface area (Å²) in [6, 6.07) is 2.77. The molecule has 0 aliphatic carbocycles. The number of para-hydroxylation sites is 1. The van der Waals surface area contributed by atoms with Crippen molar-refractivity contribution in [3.63, 3.8) is 0 Å². The van der Waals surface area contributed by atoms with E-state index in [-0.39, 0.29) is 12.8 Å². The Kier molecular flexibility index (Phi) is 9.97. The Morgan fingerprint density at radius 2 is 1.56 bits per heavy atom. The van der Waals surface area contributed by atoms with Gasteiger partial charge in [-0.15, -0.1) is 0 Å². The lowest BCUT2D eigenvalue weighted by atomic mass is 10.00. The van der Waals surface area contributed by atoms with Crippen LogP contribution in [0.2, 0.25) is 0 Å². The van der Waals surface area contributed by atoms with Gasteiger partial charge in [-0.2, -0.15) is 0 Å². The van der Waals surface area contributed by atoms with Crippen LogP contribution in [0.5, 0.6) is 0 Å². The predicted molar refractivity (Wildman–Crippen MR) is 131 cm³/mol. The Balaban J connectivity index is 2.16. The molecule has 196 valence electrons. The maximum atomic E-state index is 13.0. The number of nitrogens with one attached hydrogen (secondary N) is 4. The van der Waals surface area contributed by atoms with E-state index in [0.717, 1.165) is 10.9 Å². The van der Waals surface area contributed by atoms with Crippen molar-refractivity contribution in [1.82, 2.24) is 20.9 Å². The molecule has 0 bridgehead atoms. The summed E-state index contributed by atoms with van der Waals surface area (Å²) in [7, 11) is 0. The Bertz CT molecular complexity index is 1110. The summed E-state index contributed by atoms with van der Waals surface area (Å²) in [5, 5.41) is 26.9. The second kappa shape index (κ2) is 12.7. The van der Waals surface area contributed by atoms with Crippen LogP contribution in [0.15, 0.2) is 30.5 Å². The predicted octanol–water partition coefficient (Wildman–Crippen LogP) is 0.117. The fraction of sp³-hybridized carbons (Fsp3) is 0.458. The van der Waals surface area contributed by atoms with Crippen LogP contribution in [-0.2, 0) is 30.4 Å². The molecule has 0 fully saturated rings. The van der Waals surface area contributed by atoms with Gasteiger partial charge in [0.1, 0.15) is 18.1 Å². The second-order valence-corrected chi connectivity index (χ2v) is 8.98. The van der Waals surface area contributed by atoms with Crippen molar-refractivity contribution in [2.45, 2.75) is 64.2 Å². The summed E-state index contributed by atoms with van der Waals surface area (Å²) in [5.74, 6) is -5.01. The lowest BCUT2D eigenvalue weighted by Gasteiger charge is -2.26. The Hall–Kier alpha value is -3.93. The molecule has 1 aromatic heterocycles. The van der Waals surface area contributed by atoms with Crippen molar-refractivity contribution >= 4 is 40.6 Å². The largest absolute Gasteiger partial charge is 0.481 e. The highest BCUT2D eigenvalue weighted by Gasteiger charge is 2.32. The number of nitrogens with two attached hydrogens (primary N) is 1. The number of carbonyl (C=O) groups is 5. The van der Waals surface area contributed by atoms with Crippen LogP contribution in [0.25, 0.3) is 10.9 Å². The van der Waals surface area contributed by atoms with E-state index in [1.807, 2.05) is 24.3 Å². The molecule has 4 unspecified atom stereocenters. The number of hydrogen-bond donors (Lipinski definition) is 7. The summed E-state index contributed by atoms with van der Waals surface area (Å²) in [4.78, 5) is 63.9. The number of aromatic nitrogens is 1. The average molecular weight is 504 g/mol. The maximum absolute atomic E-state index is 13.0. The normalized spacial score (nSPS) is 14.5. The van der Waals surface area contributed by atoms with Crippen LogP contribution in [0, 0.1) is 5.92 Å². The Labute approximate surface area is 208 Å². The van der Waals surface area contributed by atoms with E-state index >= 15 is 0 Å². The average Bonchev–Trinajstić information content (AvgIpc) is 3.21. The first-order chi connectivity index (χ1) is 16.9. The first-order valence-electron chi connectivity index (χ1n) is 11.6. The number of carbonyl (C=O) groups excluding carboxylic acids is 3. The topological polar surface area (TPSA) is 204 Å². The molecule has 12 heteroatoms. The number of aromatic amines is 1. The molecule has 0 aliphatic heterocycles. The zero-order chi connectivity index (χ0) is 27.0. The molecule has 36 heavy (non-hydrogen) atoms. The number of carboxylic acid groups (broad SMARTS) is 2. The molecule has 0 radical (unpaired) electrons. The summed E-state index contributed by atoms with van der Waals surface area (Å²) >= 11 is 0. The monoisotopic (exact) mass is 503 g/mol. The fourth-order valence-electron chi connectivity index (χ4n) is 3.61. The minimum Gasteiger partial charge on any atom is -0.481 e. The van der Waals surface area contributed by atoms with Gasteiger partial charge in [-0.1, -0.05) is 32.0 Å². The SMILES string of the molecule is CC(N)C(=O)NC(CCC(=O)O)C(=O)NC(C(=O)NC(Cc1c[nH]c2ccccc12)C(=O)O)C(C)C. The van der Waals surface area contributed by atoms with Gasteiger partial charge in [0.05, 0.1) is 6.04 Å². The fourth-order valence-corrected chi connectivity index (χ4v) is 3.61. The van der Waals surface area contributed by atoms with Crippen LogP contribution in [0.1, 0.15) is 39.2 Å². The van der Waals surface area contributed by atoms with E-state index in [1.54, 1.807) is 20.0 Å². The number of benzene rings is 1. The highest BCUT2D eigenvalue weighted by molar-refractivity contribution is 5.94. The molecule has 2 aromatic rings. The number of carboxylic acids is 2. The zero-order valence-corrected chi connectivity index (χ0v) is 20.4. The minimum absolute atomic E-state index is 0.00946.